The largest absolute Gasteiger partial charge is 0.704 e. The zero-order chi connectivity index (χ0) is 16.7. The molecule has 21 heavy (non-hydrogen) atoms. The SMILES string of the molecule is CCC(CC)(CC)C(=O)O[Si](CC)(OC(C)=O)OC(C)=O. The lowest BCUT2D eigenvalue weighted by molar-refractivity contribution is -0.156. The third kappa shape index (κ3) is 5.15. The number of carbonyl (C=O) groups excluding carboxylic acids is 3. The van der Waals surface area contributed by atoms with Gasteiger partial charge in [0, 0.05) is 13.8 Å². The van der Waals surface area contributed by atoms with Gasteiger partial charge in [-0.05, 0) is 19.3 Å². The zero-order valence-electron chi connectivity index (χ0n) is 13.8. The molecule has 0 aromatic rings. The second-order valence-electron chi connectivity index (χ2n) is 4.95. The van der Waals surface area contributed by atoms with Gasteiger partial charge in [-0.3, -0.25) is 14.4 Å². The van der Waals surface area contributed by atoms with Crippen LogP contribution < -0.4 is 0 Å². The molecule has 0 unspecified atom stereocenters. The van der Waals surface area contributed by atoms with Crippen LogP contribution in [0.4, 0.5) is 0 Å². The topological polar surface area (TPSA) is 78.9 Å². The Kier molecular flexibility index (Phi) is 7.63. The van der Waals surface area contributed by atoms with Gasteiger partial charge < -0.3 is 13.3 Å². The highest BCUT2D eigenvalue weighted by molar-refractivity contribution is 6.65. The van der Waals surface area contributed by atoms with Crippen LogP contribution in [0, 0.1) is 5.41 Å². The van der Waals surface area contributed by atoms with Gasteiger partial charge in [-0.15, -0.1) is 0 Å². The summed E-state index contributed by atoms with van der Waals surface area (Å²) in [4.78, 5) is 35.1. The highest BCUT2D eigenvalue weighted by Gasteiger charge is 2.53. The van der Waals surface area contributed by atoms with Crippen LogP contribution in [-0.4, -0.2) is 26.7 Å². The molecule has 0 heterocycles. The summed E-state index contributed by atoms with van der Waals surface area (Å²) in [6.07, 6.45) is 1.81. The Bertz CT molecular complexity index is 365. The summed E-state index contributed by atoms with van der Waals surface area (Å²) < 4.78 is 15.7. The van der Waals surface area contributed by atoms with Crippen molar-refractivity contribution in [1.82, 2.24) is 0 Å². The average Bonchev–Trinajstić information content (AvgIpc) is 2.39. The molecule has 0 aliphatic heterocycles. The summed E-state index contributed by atoms with van der Waals surface area (Å²) in [5.74, 6) is -1.73. The smallest absolute Gasteiger partial charge is 0.455 e. The quantitative estimate of drug-likeness (QED) is 0.640. The first-order valence-corrected chi connectivity index (χ1v) is 9.26. The minimum absolute atomic E-state index is 0.158. The van der Waals surface area contributed by atoms with Gasteiger partial charge in [0.25, 0.3) is 11.9 Å². The summed E-state index contributed by atoms with van der Waals surface area (Å²) in [6.45, 7) is 9.77. The van der Waals surface area contributed by atoms with E-state index in [9.17, 15) is 14.4 Å². The number of hydrogen-bond donors (Lipinski definition) is 0. The fourth-order valence-electron chi connectivity index (χ4n) is 2.15. The van der Waals surface area contributed by atoms with E-state index < -0.39 is 32.1 Å². The molecule has 0 saturated heterocycles. The van der Waals surface area contributed by atoms with Gasteiger partial charge >= 0.3 is 14.8 Å². The molecule has 6 nitrogen and oxygen atoms in total. The summed E-state index contributed by atoms with van der Waals surface area (Å²) in [7, 11) is -3.67. The maximum Gasteiger partial charge on any atom is 0.704 e. The molecule has 122 valence electrons. The van der Waals surface area contributed by atoms with Gasteiger partial charge in [0.2, 0.25) is 0 Å². The van der Waals surface area contributed by atoms with Crippen molar-refractivity contribution >= 4 is 26.7 Å². The fourth-order valence-corrected chi connectivity index (χ4v) is 4.08. The summed E-state index contributed by atoms with van der Waals surface area (Å²) in [5, 5.41) is 0. The molecule has 0 saturated carbocycles. The van der Waals surface area contributed by atoms with Gasteiger partial charge in [0.1, 0.15) is 0 Å². The number of rotatable bonds is 8. The zero-order valence-corrected chi connectivity index (χ0v) is 14.8. The minimum atomic E-state index is -3.67. The van der Waals surface area contributed by atoms with Crippen LogP contribution in [0.1, 0.15) is 60.8 Å². The minimum Gasteiger partial charge on any atom is -0.455 e. The van der Waals surface area contributed by atoms with Gasteiger partial charge in [-0.1, -0.05) is 27.7 Å². The lowest BCUT2D eigenvalue weighted by atomic mass is 9.80. The molecule has 0 aromatic heterocycles. The van der Waals surface area contributed by atoms with Crippen molar-refractivity contribution in [3.05, 3.63) is 0 Å². The third-order valence-corrected chi connectivity index (χ3v) is 6.30. The van der Waals surface area contributed by atoms with E-state index in [1.807, 2.05) is 20.8 Å². The Morgan fingerprint density at radius 2 is 1.19 bits per heavy atom. The summed E-state index contributed by atoms with van der Waals surface area (Å²) in [6, 6.07) is 0.158. The molecule has 0 spiro atoms. The van der Waals surface area contributed by atoms with E-state index in [-0.39, 0.29) is 6.04 Å². The van der Waals surface area contributed by atoms with E-state index >= 15 is 0 Å². The normalized spacial score (nSPS) is 11.7. The first kappa shape index (κ1) is 19.6. The van der Waals surface area contributed by atoms with Crippen LogP contribution in [0.15, 0.2) is 0 Å². The number of carbonyl (C=O) groups is 3. The lowest BCUT2D eigenvalue weighted by Crippen LogP contribution is -2.51. The molecule has 0 aliphatic carbocycles. The van der Waals surface area contributed by atoms with Crippen molar-refractivity contribution in [3.8, 4) is 0 Å². The van der Waals surface area contributed by atoms with E-state index in [0.29, 0.717) is 19.3 Å². The Morgan fingerprint density at radius 1 is 0.810 bits per heavy atom. The molecule has 0 amide bonds. The van der Waals surface area contributed by atoms with Gasteiger partial charge in [-0.25, -0.2) is 0 Å². The van der Waals surface area contributed by atoms with E-state index in [2.05, 4.69) is 0 Å². The first-order chi connectivity index (χ1) is 9.70. The Hall–Kier alpha value is -1.37. The molecule has 0 fully saturated rings. The molecular formula is C14H26O6Si. The molecule has 0 atom stereocenters. The van der Waals surface area contributed by atoms with Gasteiger partial charge in [0.05, 0.1) is 11.5 Å². The second kappa shape index (κ2) is 8.16. The number of hydrogen-bond acceptors (Lipinski definition) is 6. The van der Waals surface area contributed by atoms with Crippen LogP contribution in [0.25, 0.3) is 0 Å². The predicted octanol–water partition coefficient (Wildman–Crippen LogP) is 2.83. The standard InChI is InChI=1S/C14H26O6Si/c1-7-14(8-2,9-3)13(17)20-21(10-4,18-11(5)15)19-12(6)16/h7-10H2,1-6H3. The molecule has 0 N–H and O–H groups in total. The van der Waals surface area contributed by atoms with Crippen molar-refractivity contribution in [1.29, 1.82) is 0 Å². The van der Waals surface area contributed by atoms with E-state index in [0.717, 1.165) is 0 Å². The summed E-state index contributed by atoms with van der Waals surface area (Å²) >= 11 is 0. The maximum atomic E-state index is 12.5. The Labute approximate surface area is 127 Å². The average molecular weight is 318 g/mol. The Balaban J connectivity index is 5.41. The van der Waals surface area contributed by atoms with Gasteiger partial charge in [0.15, 0.2) is 0 Å². The molecule has 0 rings (SSSR count). The van der Waals surface area contributed by atoms with Crippen LogP contribution in [-0.2, 0) is 27.7 Å². The van der Waals surface area contributed by atoms with E-state index in [4.69, 9.17) is 13.3 Å². The molecule has 0 aliphatic rings. The first-order valence-electron chi connectivity index (χ1n) is 7.33. The van der Waals surface area contributed by atoms with Crippen LogP contribution >= 0.6 is 0 Å². The van der Waals surface area contributed by atoms with Crippen molar-refractivity contribution in [2.24, 2.45) is 5.41 Å². The highest BCUT2D eigenvalue weighted by Crippen LogP contribution is 2.34. The molecule has 7 heteroatoms. The lowest BCUT2D eigenvalue weighted by Gasteiger charge is -2.33. The van der Waals surface area contributed by atoms with E-state index in [1.165, 1.54) is 13.8 Å². The van der Waals surface area contributed by atoms with Crippen LogP contribution in [0.3, 0.4) is 0 Å². The molecular weight excluding hydrogens is 292 g/mol. The molecule has 0 aromatic carbocycles. The van der Waals surface area contributed by atoms with E-state index in [1.54, 1.807) is 6.92 Å². The molecule has 0 bridgehead atoms. The second-order valence-corrected chi connectivity index (χ2v) is 7.64. The monoisotopic (exact) mass is 318 g/mol. The maximum absolute atomic E-state index is 12.5. The van der Waals surface area contributed by atoms with Crippen LogP contribution in [0.2, 0.25) is 6.04 Å². The Morgan fingerprint density at radius 3 is 1.43 bits per heavy atom. The van der Waals surface area contributed by atoms with Crippen LogP contribution in [0.5, 0.6) is 0 Å². The summed E-state index contributed by atoms with van der Waals surface area (Å²) in [5.41, 5.74) is -0.645. The molecule has 0 radical (unpaired) electrons. The van der Waals surface area contributed by atoms with Crippen molar-refractivity contribution in [3.63, 3.8) is 0 Å². The van der Waals surface area contributed by atoms with Crippen molar-refractivity contribution < 1.29 is 27.7 Å². The predicted molar refractivity (Wildman–Crippen MR) is 79.2 cm³/mol. The van der Waals surface area contributed by atoms with Gasteiger partial charge in [-0.2, -0.15) is 0 Å². The van der Waals surface area contributed by atoms with Crippen molar-refractivity contribution in [2.75, 3.05) is 0 Å². The fraction of sp³-hybridized carbons (Fsp3) is 0.786. The third-order valence-electron chi connectivity index (χ3n) is 3.74. The van der Waals surface area contributed by atoms with Crippen molar-refractivity contribution in [2.45, 2.75) is 66.8 Å². The highest BCUT2D eigenvalue weighted by atomic mass is 28.4.